The summed E-state index contributed by atoms with van der Waals surface area (Å²) >= 11 is 0. The summed E-state index contributed by atoms with van der Waals surface area (Å²) in [6.45, 7) is 9.94. The minimum absolute atomic E-state index is 0.106. The molecule has 0 radical (unpaired) electrons. The lowest BCUT2D eigenvalue weighted by molar-refractivity contribution is -0.289. The average Bonchev–Trinajstić information content (AvgIpc) is 2.31. The molecule has 2 heterocycles. The zero-order chi connectivity index (χ0) is 12.6. The van der Waals surface area contributed by atoms with Crippen LogP contribution < -0.4 is 0 Å². The molecular formula is C14H26N2O2. The van der Waals surface area contributed by atoms with E-state index in [2.05, 4.69) is 21.6 Å². The number of hydrogen-bond donors (Lipinski definition) is 1. The zero-order valence-electron chi connectivity index (χ0n) is 11.5. The van der Waals surface area contributed by atoms with Gasteiger partial charge in [-0.25, -0.2) is 4.89 Å². The molecule has 2 aliphatic heterocycles. The van der Waals surface area contributed by atoms with Crippen LogP contribution in [0.1, 0.15) is 32.6 Å². The Kier molecular flexibility index (Phi) is 3.63. The Hall–Kier alpha value is -0.160. The van der Waals surface area contributed by atoms with Crippen LogP contribution in [-0.4, -0.2) is 60.4 Å². The van der Waals surface area contributed by atoms with Gasteiger partial charge in [-0.15, -0.1) is 0 Å². The van der Waals surface area contributed by atoms with Gasteiger partial charge in [0.1, 0.15) is 0 Å². The predicted molar refractivity (Wildman–Crippen MR) is 70.4 cm³/mol. The standard InChI is InChI=1S/C14H26N2O2/c1-2-15-7-12(8-15)9-16-10-14(11-16)5-3-13(18-17)4-6-14/h12-13,17H,2-11H2,1H3. The molecule has 4 nitrogen and oxygen atoms in total. The second-order valence-corrected chi connectivity index (χ2v) is 6.69. The molecule has 3 aliphatic rings. The molecule has 0 aromatic rings. The van der Waals surface area contributed by atoms with Crippen molar-refractivity contribution < 1.29 is 10.1 Å². The van der Waals surface area contributed by atoms with Gasteiger partial charge in [0.2, 0.25) is 0 Å². The maximum absolute atomic E-state index is 8.70. The van der Waals surface area contributed by atoms with Crippen LogP contribution in [0.4, 0.5) is 0 Å². The normalized spacial score (nSPS) is 30.3. The zero-order valence-corrected chi connectivity index (χ0v) is 11.5. The molecule has 1 spiro atoms. The van der Waals surface area contributed by atoms with Crippen molar-refractivity contribution in [2.75, 3.05) is 39.3 Å². The lowest BCUT2D eigenvalue weighted by Gasteiger charge is -2.55. The molecular weight excluding hydrogens is 228 g/mol. The topological polar surface area (TPSA) is 35.9 Å². The Morgan fingerprint density at radius 1 is 1.17 bits per heavy atom. The minimum atomic E-state index is 0.106. The Morgan fingerprint density at radius 2 is 1.83 bits per heavy atom. The fraction of sp³-hybridized carbons (Fsp3) is 1.00. The van der Waals surface area contributed by atoms with Gasteiger partial charge in [0, 0.05) is 32.7 Å². The van der Waals surface area contributed by atoms with Crippen molar-refractivity contribution in [3.63, 3.8) is 0 Å². The van der Waals surface area contributed by atoms with Crippen molar-refractivity contribution in [2.45, 2.75) is 38.7 Å². The van der Waals surface area contributed by atoms with E-state index in [9.17, 15) is 0 Å². The Balaban J connectivity index is 1.36. The molecule has 18 heavy (non-hydrogen) atoms. The lowest BCUT2D eigenvalue weighted by atomic mass is 9.67. The quantitative estimate of drug-likeness (QED) is 0.611. The summed E-state index contributed by atoms with van der Waals surface area (Å²) in [5.41, 5.74) is 0.573. The lowest BCUT2D eigenvalue weighted by Crippen LogP contribution is -2.61. The Morgan fingerprint density at radius 3 is 2.39 bits per heavy atom. The van der Waals surface area contributed by atoms with Crippen LogP contribution >= 0.6 is 0 Å². The first kappa shape index (κ1) is 12.9. The average molecular weight is 254 g/mol. The molecule has 1 N–H and O–H groups in total. The van der Waals surface area contributed by atoms with E-state index in [1.165, 1.54) is 52.1 Å². The van der Waals surface area contributed by atoms with Crippen LogP contribution in [0, 0.1) is 11.3 Å². The fourth-order valence-electron chi connectivity index (χ4n) is 4.07. The van der Waals surface area contributed by atoms with Crippen molar-refractivity contribution in [1.82, 2.24) is 9.80 Å². The molecule has 0 aromatic heterocycles. The van der Waals surface area contributed by atoms with E-state index in [1.807, 2.05) is 0 Å². The number of nitrogens with zero attached hydrogens (tertiary/aromatic N) is 2. The Bertz CT molecular complexity index is 276. The summed E-state index contributed by atoms with van der Waals surface area (Å²) in [7, 11) is 0. The highest BCUT2D eigenvalue weighted by atomic mass is 17.1. The van der Waals surface area contributed by atoms with Gasteiger partial charge in [0.25, 0.3) is 0 Å². The van der Waals surface area contributed by atoms with Gasteiger partial charge in [-0.05, 0) is 43.6 Å². The highest BCUT2D eigenvalue weighted by Gasteiger charge is 2.46. The van der Waals surface area contributed by atoms with E-state index in [0.717, 1.165) is 18.8 Å². The van der Waals surface area contributed by atoms with Crippen LogP contribution in [-0.2, 0) is 4.89 Å². The summed E-state index contributed by atoms with van der Waals surface area (Å²) in [6, 6.07) is 0. The summed E-state index contributed by atoms with van der Waals surface area (Å²) in [6.07, 6.45) is 4.66. The maximum atomic E-state index is 8.70. The van der Waals surface area contributed by atoms with E-state index >= 15 is 0 Å². The molecule has 0 atom stereocenters. The largest absolute Gasteiger partial charge is 0.303 e. The van der Waals surface area contributed by atoms with Gasteiger partial charge >= 0.3 is 0 Å². The smallest absolute Gasteiger partial charge is 0.0927 e. The first-order chi connectivity index (χ1) is 8.73. The molecule has 0 bridgehead atoms. The molecule has 2 saturated heterocycles. The molecule has 4 heteroatoms. The molecule has 3 rings (SSSR count). The molecule has 0 amide bonds. The third-order valence-corrected chi connectivity index (χ3v) is 5.26. The summed E-state index contributed by atoms with van der Waals surface area (Å²) < 4.78 is 0. The molecule has 104 valence electrons. The highest BCUT2D eigenvalue weighted by Crippen LogP contribution is 2.44. The van der Waals surface area contributed by atoms with Crippen molar-refractivity contribution in [3.05, 3.63) is 0 Å². The van der Waals surface area contributed by atoms with Gasteiger partial charge in [0.15, 0.2) is 0 Å². The van der Waals surface area contributed by atoms with Gasteiger partial charge < -0.3 is 9.80 Å². The van der Waals surface area contributed by atoms with Crippen LogP contribution in [0.5, 0.6) is 0 Å². The molecule has 0 unspecified atom stereocenters. The van der Waals surface area contributed by atoms with E-state index in [0.29, 0.717) is 5.41 Å². The van der Waals surface area contributed by atoms with Crippen LogP contribution in [0.25, 0.3) is 0 Å². The minimum Gasteiger partial charge on any atom is -0.303 e. The second-order valence-electron chi connectivity index (χ2n) is 6.69. The number of hydrogen-bond acceptors (Lipinski definition) is 4. The molecule has 3 fully saturated rings. The van der Waals surface area contributed by atoms with E-state index in [1.54, 1.807) is 0 Å². The van der Waals surface area contributed by atoms with Crippen molar-refractivity contribution in [2.24, 2.45) is 11.3 Å². The summed E-state index contributed by atoms with van der Waals surface area (Å²) in [4.78, 5) is 9.63. The number of likely N-dealkylation sites (tertiary alicyclic amines) is 2. The van der Waals surface area contributed by atoms with Crippen LogP contribution in [0.15, 0.2) is 0 Å². The summed E-state index contributed by atoms with van der Waals surface area (Å²) in [5, 5.41) is 8.70. The van der Waals surface area contributed by atoms with Crippen LogP contribution in [0.3, 0.4) is 0 Å². The molecule has 0 aromatic carbocycles. The fourth-order valence-corrected chi connectivity index (χ4v) is 4.07. The highest BCUT2D eigenvalue weighted by molar-refractivity contribution is 4.99. The van der Waals surface area contributed by atoms with Gasteiger partial charge in [0.05, 0.1) is 6.10 Å². The van der Waals surface area contributed by atoms with Gasteiger partial charge in [-0.3, -0.25) is 5.26 Å². The SMILES string of the molecule is CCN1CC(CN2CC3(CCC(OO)CC3)C2)C1. The number of rotatable bonds is 4. The van der Waals surface area contributed by atoms with E-state index < -0.39 is 0 Å². The van der Waals surface area contributed by atoms with E-state index in [-0.39, 0.29) is 6.10 Å². The molecule has 1 aliphatic carbocycles. The van der Waals surface area contributed by atoms with E-state index in [4.69, 9.17) is 5.26 Å². The third-order valence-electron chi connectivity index (χ3n) is 5.26. The predicted octanol–water partition coefficient (Wildman–Crippen LogP) is 1.67. The third kappa shape index (κ3) is 2.44. The Labute approximate surface area is 110 Å². The van der Waals surface area contributed by atoms with Crippen molar-refractivity contribution in [1.29, 1.82) is 0 Å². The second kappa shape index (κ2) is 5.08. The van der Waals surface area contributed by atoms with Crippen molar-refractivity contribution in [3.8, 4) is 0 Å². The first-order valence-electron chi connectivity index (χ1n) is 7.48. The maximum Gasteiger partial charge on any atom is 0.0927 e. The van der Waals surface area contributed by atoms with Crippen molar-refractivity contribution >= 4 is 0 Å². The summed E-state index contributed by atoms with van der Waals surface area (Å²) in [5.74, 6) is 0.916. The van der Waals surface area contributed by atoms with Crippen LogP contribution in [0.2, 0.25) is 0 Å². The molecule has 1 saturated carbocycles. The van der Waals surface area contributed by atoms with Gasteiger partial charge in [-0.1, -0.05) is 6.92 Å². The van der Waals surface area contributed by atoms with Gasteiger partial charge in [-0.2, -0.15) is 0 Å². The first-order valence-corrected chi connectivity index (χ1v) is 7.48. The monoisotopic (exact) mass is 254 g/mol.